The van der Waals surface area contributed by atoms with Gasteiger partial charge in [0.2, 0.25) is 5.91 Å². The summed E-state index contributed by atoms with van der Waals surface area (Å²) in [6, 6.07) is -0.368. The van der Waals surface area contributed by atoms with Crippen LogP contribution in [0.15, 0.2) is 0 Å². The molecule has 1 heterocycles. The average molecular weight is 270 g/mol. The maximum Gasteiger partial charge on any atom is 0.237 e. The van der Waals surface area contributed by atoms with E-state index in [1.165, 1.54) is 19.3 Å². The first-order valence-electron chi connectivity index (χ1n) is 7.80. The molecule has 19 heavy (non-hydrogen) atoms. The first kappa shape index (κ1) is 16.4. The Labute approximate surface area is 117 Å². The topological polar surface area (TPSA) is 64.4 Å². The molecular weight excluding hydrogens is 240 g/mol. The van der Waals surface area contributed by atoms with Crippen LogP contribution in [-0.2, 0) is 9.53 Å². The van der Waals surface area contributed by atoms with E-state index in [2.05, 4.69) is 19.2 Å². The van der Waals surface area contributed by atoms with Crippen molar-refractivity contribution in [2.24, 2.45) is 17.6 Å². The van der Waals surface area contributed by atoms with E-state index in [1.54, 1.807) is 0 Å². The van der Waals surface area contributed by atoms with E-state index in [9.17, 15) is 4.79 Å². The molecule has 0 saturated carbocycles. The minimum atomic E-state index is -0.368. The van der Waals surface area contributed by atoms with Crippen LogP contribution in [0.1, 0.15) is 52.4 Å². The molecule has 0 aromatic heterocycles. The van der Waals surface area contributed by atoms with Gasteiger partial charge in [-0.25, -0.2) is 0 Å². The van der Waals surface area contributed by atoms with Gasteiger partial charge in [-0.1, -0.05) is 33.1 Å². The smallest absolute Gasteiger partial charge is 0.237 e. The van der Waals surface area contributed by atoms with Crippen LogP contribution >= 0.6 is 0 Å². The van der Waals surface area contributed by atoms with Gasteiger partial charge in [0.1, 0.15) is 0 Å². The highest BCUT2D eigenvalue weighted by atomic mass is 16.5. The normalized spacial score (nSPS) is 19.9. The summed E-state index contributed by atoms with van der Waals surface area (Å²) in [5.74, 6) is 0.886. The first-order valence-corrected chi connectivity index (χ1v) is 7.80. The zero-order valence-corrected chi connectivity index (χ0v) is 12.5. The van der Waals surface area contributed by atoms with Crippen LogP contribution in [0, 0.1) is 11.8 Å². The molecule has 1 fully saturated rings. The fourth-order valence-electron chi connectivity index (χ4n) is 2.60. The van der Waals surface area contributed by atoms with Gasteiger partial charge >= 0.3 is 0 Å². The molecule has 2 atom stereocenters. The predicted octanol–water partition coefficient (Wildman–Crippen LogP) is 2.07. The zero-order chi connectivity index (χ0) is 14.1. The van der Waals surface area contributed by atoms with Gasteiger partial charge in [-0.05, 0) is 31.1 Å². The molecule has 1 saturated heterocycles. The molecule has 3 N–H and O–H groups in total. The summed E-state index contributed by atoms with van der Waals surface area (Å²) in [6.45, 7) is 6.63. The molecule has 0 aliphatic carbocycles. The van der Waals surface area contributed by atoms with Gasteiger partial charge in [-0.2, -0.15) is 0 Å². The minimum Gasteiger partial charge on any atom is -0.381 e. The Morgan fingerprint density at radius 3 is 2.63 bits per heavy atom. The van der Waals surface area contributed by atoms with Crippen LogP contribution in [-0.4, -0.2) is 31.7 Å². The van der Waals surface area contributed by atoms with E-state index in [1.807, 2.05) is 0 Å². The molecule has 0 spiro atoms. The molecule has 1 aliphatic rings. The standard InChI is InChI=1S/C15H30N2O2/c1-3-5-6-12(4-2)11-17-15(18)14(16)13-7-9-19-10-8-13/h12-14H,3-11,16H2,1-2H3,(H,17,18). The maximum absolute atomic E-state index is 12.1. The van der Waals surface area contributed by atoms with Crippen molar-refractivity contribution in [1.29, 1.82) is 0 Å². The van der Waals surface area contributed by atoms with Gasteiger partial charge in [0.25, 0.3) is 0 Å². The summed E-state index contributed by atoms with van der Waals surface area (Å²) >= 11 is 0. The summed E-state index contributed by atoms with van der Waals surface area (Å²) in [5.41, 5.74) is 6.05. The van der Waals surface area contributed by atoms with Crippen LogP contribution in [0.4, 0.5) is 0 Å². The predicted molar refractivity (Wildman–Crippen MR) is 77.8 cm³/mol. The second-order valence-corrected chi connectivity index (χ2v) is 5.64. The van der Waals surface area contributed by atoms with Crippen LogP contribution in [0.25, 0.3) is 0 Å². The van der Waals surface area contributed by atoms with Gasteiger partial charge in [0.05, 0.1) is 6.04 Å². The molecule has 0 bridgehead atoms. The van der Waals surface area contributed by atoms with Gasteiger partial charge in [0.15, 0.2) is 0 Å². The van der Waals surface area contributed by atoms with E-state index < -0.39 is 0 Å². The fourth-order valence-corrected chi connectivity index (χ4v) is 2.60. The number of nitrogens with one attached hydrogen (secondary N) is 1. The van der Waals surface area contributed by atoms with Crippen molar-refractivity contribution in [2.45, 2.75) is 58.4 Å². The van der Waals surface area contributed by atoms with Crippen LogP contribution in [0.5, 0.6) is 0 Å². The number of nitrogens with two attached hydrogens (primary N) is 1. The quantitative estimate of drug-likeness (QED) is 0.709. The summed E-state index contributed by atoms with van der Waals surface area (Å²) in [6.07, 6.45) is 6.57. The second kappa shape index (κ2) is 9.32. The van der Waals surface area contributed by atoms with Crippen molar-refractivity contribution in [3.8, 4) is 0 Å². The lowest BCUT2D eigenvalue weighted by Gasteiger charge is -2.27. The summed E-state index contributed by atoms with van der Waals surface area (Å²) < 4.78 is 5.30. The van der Waals surface area contributed by atoms with Crippen LogP contribution < -0.4 is 11.1 Å². The summed E-state index contributed by atoms with van der Waals surface area (Å²) in [7, 11) is 0. The first-order chi connectivity index (χ1) is 9.19. The van der Waals surface area contributed by atoms with Crippen molar-refractivity contribution in [3.05, 3.63) is 0 Å². The minimum absolute atomic E-state index is 0.0156. The van der Waals surface area contributed by atoms with Crippen molar-refractivity contribution in [2.75, 3.05) is 19.8 Å². The van der Waals surface area contributed by atoms with E-state index in [4.69, 9.17) is 10.5 Å². The van der Waals surface area contributed by atoms with Crippen molar-refractivity contribution >= 4 is 5.91 Å². The third kappa shape index (κ3) is 5.91. The van der Waals surface area contributed by atoms with Gasteiger partial charge in [-0.3, -0.25) is 4.79 Å². The number of carbonyl (C=O) groups is 1. The molecule has 4 nitrogen and oxygen atoms in total. The van der Waals surface area contributed by atoms with Crippen molar-refractivity contribution in [3.63, 3.8) is 0 Å². The number of amides is 1. The molecule has 4 heteroatoms. The highest BCUT2D eigenvalue weighted by molar-refractivity contribution is 5.81. The fraction of sp³-hybridized carbons (Fsp3) is 0.933. The van der Waals surface area contributed by atoms with E-state index in [-0.39, 0.29) is 17.9 Å². The summed E-state index contributed by atoms with van der Waals surface area (Å²) in [4.78, 5) is 12.1. The molecule has 0 aromatic rings. The molecule has 1 aliphatic heterocycles. The average Bonchev–Trinajstić information content (AvgIpc) is 2.47. The third-order valence-corrected chi connectivity index (χ3v) is 4.18. The Balaban J connectivity index is 2.28. The Morgan fingerprint density at radius 1 is 1.37 bits per heavy atom. The number of ether oxygens (including phenoxy) is 1. The lowest BCUT2D eigenvalue weighted by Crippen LogP contribution is -2.48. The highest BCUT2D eigenvalue weighted by Crippen LogP contribution is 2.18. The van der Waals surface area contributed by atoms with Gasteiger partial charge in [-0.15, -0.1) is 0 Å². The second-order valence-electron chi connectivity index (χ2n) is 5.64. The third-order valence-electron chi connectivity index (χ3n) is 4.18. The zero-order valence-electron chi connectivity index (χ0n) is 12.5. The summed E-state index contributed by atoms with van der Waals surface area (Å²) in [5, 5.41) is 3.03. The van der Waals surface area contributed by atoms with E-state index >= 15 is 0 Å². The molecule has 1 amide bonds. The van der Waals surface area contributed by atoms with Crippen LogP contribution in [0.2, 0.25) is 0 Å². The Morgan fingerprint density at radius 2 is 2.05 bits per heavy atom. The van der Waals surface area contributed by atoms with E-state index in [0.717, 1.165) is 39.0 Å². The molecule has 0 radical (unpaired) electrons. The van der Waals surface area contributed by atoms with Crippen LogP contribution in [0.3, 0.4) is 0 Å². The lowest BCUT2D eigenvalue weighted by atomic mass is 9.91. The SMILES string of the molecule is CCCCC(CC)CNC(=O)C(N)C1CCOCC1. The number of unbranched alkanes of at least 4 members (excludes halogenated alkanes) is 1. The molecule has 0 aromatic carbocycles. The largest absolute Gasteiger partial charge is 0.381 e. The number of rotatable bonds is 8. The Hall–Kier alpha value is -0.610. The number of hydrogen-bond donors (Lipinski definition) is 2. The van der Waals surface area contributed by atoms with Gasteiger partial charge in [0, 0.05) is 19.8 Å². The molecular formula is C15H30N2O2. The number of hydrogen-bond acceptors (Lipinski definition) is 3. The molecule has 1 rings (SSSR count). The Kier molecular flexibility index (Phi) is 8.07. The molecule has 2 unspecified atom stereocenters. The van der Waals surface area contributed by atoms with Crippen molar-refractivity contribution in [1.82, 2.24) is 5.32 Å². The van der Waals surface area contributed by atoms with E-state index in [0.29, 0.717) is 5.92 Å². The maximum atomic E-state index is 12.1. The highest BCUT2D eigenvalue weighted by Gasteiger charge is 2.26. The van der Waals surface area contributed by atoms with Gasteiger partial charge < -0.3 is 15.8 Å². The lowest BCUT2D eigenvalue weighted by molar-refractivity contribution is -0.124. The van der Waals surface area contributed by atoms with Crippen molar-refractivity contribution < 1.29 is 9.53 Å². The molecule has 112 valence electrons. The number of carbonyl (C=O) groups excluding carboxylic acids is 1. The Bertz CT molecular complexity index is 253. The monoisotopic (exact) mass is 270 g/mol.